The van der Waals surface area contributed by atoms with E-state index in [1.807, 2.05) is 0 Å². The molecule has 0 unspecified atom stereocenters. The average Bonchev–Trinajstić information content (AvgIpc) is 2.93. The fraction of sp³-hybridized carbons (Fsp3) is 0.300. The predicted octanol–water partition coefficient (Wildman–Crippen LogP) is 1.30. The number of carboxylic acids is 1. The lowest BCUT2D eigenvalue weighted by Crippen LogP contribution is -2.06. The maximum atomic E-state index is 11.0. The van der Waals surface area contributed by atoms with Crippen LogP contribution in [0.25, 0.3) is 5.65 Å². The highest BCUT2D eigenvalue weighted by Crippen LogP contribution is 2.43. The summed E-state index contributed by atoms with van der Waals surface area (Å²) in [5, 5.41) is 13.1. The van der Waals surface area contributed by atoms with E-state index in [1.165, 1.54) is 6.20 Å². The number of carboxylic acid groups (broad SMARTS) is 1. The van der Waals surface area contributed by atoms with Gasteiger partial charge in [0.2, 0.25) is 0 Å². The average molecular weight is 203 g/mol. The molecule has 2 aromatic heterocycles. The van der Waals surface area contributed by atoms with E-state index in [2.05, 4.69) is 10.1 Å². The molecule has 1 saturated carbocycles. The topological polar surface area (TPSA) is 67.5 Å². The standard InChI is InChI=1S/C10H9N3O2/c14-10(15)7-5-12-13-4-3-11-9(13)8(7)6-1-2-6/h3-6H,1-2H2,(H,14,15). The van der Waals surface area contributed by atoms with Gasteiger partial charge >= 0.3 is 5.97 Å². The highest BCUT2D eigenvalue weighted by molar-refractivity contribution is 5.91. The van der Waals surface area contributed by atoms with Crippen molar-refractivity contribution in [3.8, 4) is 0 Å². The minimum Gasteiger partial charge on any atom is -0.478 e. The van der Waals surface area contributed by atoms with Gasteiger partial charge in [0.05, 0.1) is 11.8 Å². The van der Waals surface area contributed by atoms with Gasteiger partial charge in [-0.1, -0.05) is 0 Å². The minimum atomic E-state index is -0.921. The molecule has 3 rings (SSSR count). The van der Waals surface area contributed by atoms with Gasteiger partial charge in [-0.3, -0.25) is 0 Å². The summed E-state index contributed by atoms with van der Waals surface area (Å²) < 4.78 is 1.63. The summed E-state index contributed by atoms with van der Waals surface area (Å²) in [7, 11) is 0. The Labute approximate surface area is 85.4 Å². The lowest BCUT2D eigenvalue weighted by molar-refractivity contribution is 0.0695. The third kappa shape index (κ3) is 1.20. The van der Waals surface area contributed by atoms with Crippen LogP contribution in [-0.2, 0) is 0 Å². The molecule has 1 aliphatic rings. The molecule has 5 heteroatoms. The number of carbonyl (C=O) groups is 1. The van der Waals surface area contributed by atoms with Crippen LogP contribution < -0.4 is 0 Å². The van der Waals surface area contributed by atoms with E-state index >= 15 is 0 Å². The molecule has 0 spiro atoms. The zero-order valence-corrected chi connectivity index (χ0v) is 7.92. The van der Waals surface area contributed by atoms with Crippen LogP contribution in [-0.4, -0.2) is 25.7 Å². The summed E-state index contributed by atoms with van der Waals surface area (Å²) in [6, 6.07) is 0. The number of hydrogen-bond donors (Lipinski definition) is 1. The molecule has 1 fully saturated rings. The highest BCUT2D eigenvalue weighted by Gasteiger charge is 2.31. The predicted molar refractivity (Wildman–Crippen MR) is 51.9 cm³/mol. The quantitative estimate of drug-likeness (QED) is 0.798. The van der Waals surface area contributed by atoms with Crippen molar-refractivity contribution in [1.29, 1.82) is 0 Å². The van der Waals surface area contributed by atoms with Crippen LogP contribution >= 0.6 is 0 Å². The van der Waals surface area contributed by atoms with Crippen molar-refractivity contribution in [2.75, 3.05) is 0 Å². The number of aromatic nitrogens is 3. The van der Waals surface area contributed by atoms with Crippen LogP contribution in [0.2, 0.25) is 0 Å². The summed E-state index contributed by atoms with van der Waals surface area (Å²) in [6.07, 6.45) is 6.87. The van der Waals surface area contributed by atoms with Crippen molar-refractivity contribution in [2.24, 2.45) is 0 Å². The first kappa shape index (κ1) is 8.40. The molecule has 0 aromatic carbocycles. The molecule has 0 bridgehead atoms. The zero-order valence-electron chi connectivity index (χ0n) is 7.92. The number of aromatic carboxylic acids is 1. The van der Waals surface area contributed by atoms with Crippen LogP contribution in [0, 0.1) is 0 Å². The number of imidazole rings is 1. The van der Waals surface area contributed by atoms with Crippen molar-refractivity contribution in [2.45, 2.75) is 18.8 Å². The van der Waals surface area contributed by atoms with Crippen LogP contribution in [0.4, 0.5) is 0 Å². The Morgan fingerprint density at radius 1 is 1.53 bits per heavy atom. The largest absolute Gasteiger partial charge is 0.478 e. The number of nitrogens with zero attached hydrogens (tertiary/aromatic N) is 3. The van der Waals surface area contributed by atoms with Crippen molar-refractivity contribution < 1.29 is 9.90 Å². The molecule has 2 aromatic rings. The van der Waals surface area contributed by atoms with E-state index in [-0.39, 0.29) is 5.56 Å². The molecule has 1 N–H and O–H groups in total. The molecule has 2 heterocycles. The molecular weight excluding hydrogens is 194 g/mol. The second-order valence-electron chi connectivity index (χ2n) is 3.75. The Bertz CT molecular complexity index is 543. The van der Waals surface area contributed by atoms with Gasteiger partial charge in [-0.05, 0) is 18.8 Å². The number of fused-ring (bicyclic) bond motifs is 1. The van der Waals surface area contributed by atoms with Crippen LogP contribution in [0.3, 0.4) is 0 Å². The summed E-state index contributed by atoms with van der Waals surface area (Å²) in [6.45, 7) is 0. The Hall–Kier alpha value is -1.91. The van der Waals surface area contributed by atoms with Crippen LogP contribution in [0.1, 0.15) is 34.7 Å². The third-order valence-corrected chi connectivity index (χ3v) is 2.68. The maximum absolute atomic E-state index is 11.0. The van der Waals surface area contributed by atoms with Crippen molar-refractivity contribution in [3.63, 3.8) is 0 Å². The molecule has 5 nitrogen and oxygen atoms in total. The summed E-state index contributed by atoms with van der Waals surface area (Å²) >= 11 is 0. The Balaban J connectivity index is 2.34. The normalized spacial score (nSPS) is 15.7. The van der Waals surface area contributed by atoms with Crippen LogP contribution in [0.15, 0.2) is 18.6 Å². The van der Waals surface area contributed by atoms with Gasteiger partial charge in [-0.25, -0.2) is 14.3 Å². The van der Waals surface area contributed by atoms with Crippen molar-refractivity contribution >= 4 is 11.6 Å². The number of hydrogen-bond acceptors (Lipinski definition) is 3. The molecule has 1 aliphatic carbocycles. The van der Waals surface area contributed by atoms with Gasteiger partial charge < -0.3 is 5.11 Å². The monoisotopic (exact) mass is 203 g/mol. The molecule has 0 radical (unpaired) electrons. The fourth-order valence-corrected chi connectivity index (χ4v) is 1.84. The number of rotatable bonds is 2. The first-order chi connectivity index (χ1) is 7.27. The van der Waals surface area contributed by atoms with E-state index in [9.17, 15) is 4.79 Å². The van der Waals surface area contributed by atoms with Gasteiger partial charge in [-0.2, -0.15) is 5.10 Å². The summed E-state index contributed by atoms with van der Waals surface area (Å²) in [5.74, 6) is -0.570. The van der Waals surface area contributed by atoms with Gasteiger partial charge in [0.1, 0.15) is 0 Å². The summed E-state index contributed by atoms with van der Waals surface area (Å²) in [4.78, 5) is 15.2. The van der Waals surface area contributed by atoms with Crippen molar-refractivity contribution in [3.05, 3.63) is 29.7 Å². The van der Waals surface area contributed by atoms with Crippen molar-refractivity contribution in [1.82, 2.24) is 14.6 Å². The molecule has 76 valence electrons. The lowest BCUT2D eigenvalue weighted by Gasteiger charge is -2.05. The first-order valence-electron chi connectivity index (χ1n) is 4.83. The van der Waals surface area contributed by atoms with Gasteiger partial charge in [-0.15, -0.1) is 0 Å². The maximum Gasteiger partial charge on any atom is 0.337 e. The van der Waals surface area contributed by atoms with Gasteiger partial charge in [0.15, 0.2) is 5.65 Å². The molecule has 0 saturated heterocycles. The Morgan fingerprint density at radius 3 is 3.00 bits per heavy atom. The second kappa shape index (κ2) is 2.79. The summed E-state index contributed by atoms with van der Waals surface area (Å²) in [5.41, 5.74) is 1.80. The minimum absolute atomic E-state index is 0.288. The zero-order chi connectivity index (χ0) is 10.4. The highest BCUT2D eigenvalue weighted by atomic mass is 16.4. The molecule has 15 heavy (non-hydrogen) atoms. The van der Waals surface area contributed by atoms with E-state index in [0.29, 0.717) is 11.6 Å². The van der Waals surface area contributed by atoms with Crippen LogP contribution in [0.5, 0.6) is 0 Å². The molecular formula is C10H9N3O2. The van der Waals surface area contributed by atoms with E-state index < -0.39 is 5.97 Å². The third-order valence-electron chi connectivity index (χ3n) is 2.68. The van der Waals surface area contributed by atoms with Gasteiger partial charge in [0.25, 0.3) is 0 Å². The molecule has 0 aliphatic heterocycles. The molecule has 0 amide bonds. The first-order valence-corrected chi connectivity index (χ1v) is 4.83. The Kier molecular flexibility index (Phi) is 1.56. The van der Waals surface area contributed by atoms with E-state index in [1.54, 1.807) is 16.9 Å². The Morgan fingerprint density at radius 2 is 2.33 bits per heavy atom. The fourth-order valence-electron chi connectivity index (χ4n) is 1.84. The smallest absolute Gasteiger partial charge is 0.337 e. The molecule has 0 atom stereocenters. The van der Waals surface area contributed by atoms with E-state index in [4.69, 9.17) is 5.11 Å². The van der Waals surface area contributed by atoms with Gasteiger partial charge in [0, 0.05) is 18.0 Å². The lowest BCUT2D eigenvalue weighted by atomic mass is 10.1. The second-order valence-corrected chi connectivity index (χ2v) is 3.75. The van der Waals surface area contributed by atoms with E-state index in [0.717, 1.165) is 18.4 Å². The SMILES string of the molecule is O=C(O)c1cnn2ccnc2c1C1CC1.